The third kappa shape index (κ3) is 3.62. The second-order valence-corrected chi connectivity index (χ2v) is 6.85. The Bertz CT molecular complexity index is 506. The second-order valence-electron chi connectivity index (χ2n) is 6.42. The monoisotopic (exact) mass is 322 g/mol. The van der Waals surface area contributed by atoms with Crippen LogP contribution in [0, 0.1) is 5.92 Å². The lowest BCUT2D eigenvalue weighted by Crippen LogP contribution is -2.44. The van der Waals surface area contributed by atoms with Crippen LogP contribution >= 0.6 is 11.6 Å². The van der Waals surface area contributed by atoms with E-state index in [-0.39, 0.29) is 18.5 Å². The fraction of sp³-hybridized carbons (Fsp3) is 0.588. The van der Waals surface area contributed by atoms with Crippen molar-refractivity contribution in [3.63, 3.8) is 0 Å². The van der Waals surface area contributed by atoms with Crippen molar-refractivity contribution in [3.05, 3.63) is 34.9 Å². The summed E-state index contributed by atoms with van der Waals surface area (Å²) in [5, 5.41) is 17.1. The molecule has 4 unspecified atom stereocenters. The summed E-state index contributed by atoms with van der Waals surface area (Å²) in [4.78, 5) is 12.3. The molecule has 3 N–H and O–H groups in total. The molecule has 4 atom stereocenters. The zero-order valence-electron chi connectivity index (χ0n) is 12.6. The molecule has 0 bridgehead atoms. The van der Waals surface area contributed by atoms with Crippen LogP contribution in [0.5, 0.6) is 0 Å². The molecule has 1 saturated carbocycles. The first kappa shape index (κ1) is 15.8. The first-order valence-corrected chi connectivity index (χ1v) is 8.48. The molecule has 0 radical (unpaired) electrons. The Labute approximate surface area is 136 Å². The number of hydrogen-bond donors (Lipinski definition) is 3. The maximum Gasteiger partial charge on any atom is 0.237 e. The van der Waals surface area contributed by atoms with Crippen LogP contribution in [0.25, 0.3) is 0 Å². The van der Waals surface area contributed by atoms with Gasteiger partial charge in [0.15, 0.2) is 0 Å². The van der Waals surface area contributed by atoms with E-state index >= 15 is 0 Å². The quantitative estimate of drug-likeness (QED) is 0.797. The molecule has 0 spiro atoms. The Hall–Kier alpha value is -1.10. The third-order valence-corrected chi connectivity index (χ3v) is 5.16. The Morgan fingerprint density at radius 3 is 2.77 bits per heavy atom. The topological polar surface area (TPSA) is 61.4 Å². The van der Waals surface area contributed by atoms with E-state index in [1.54, 1.807) is 24.3 Å². The van der Waals surface area contributed by atoms with Crippen LogP contribution < -0.4 is 10.6 Å². The van der Waals surface area contributed by atoms with Crippen molar-refractivity contribution in [3.8, 4) is 0 Å². The number of benzene rings is 1. The van der Waals surface area contributed by atoms with E-state index in [0.717, 1.165) is 12.0 Å². The SMILES string of the molecule is O=C(NCC(O)c1ccc(Cl)cc1)C1CC2CCCCC2N1. The van der Waals surface area contributed by atoms with Crippen molar-refractivity contribution in [1.29, 1.82) is 0 Å². The van der Waals surface area contributed by atoms with Gasteiger partial charge < -0.3 is 15.7 Å². The molecule has 3 rings (SSSR count). The van der Waals surface area contributed by atoms with Crippen molar-refractivity contribution in [2.24, 2.45) is 5.92 Å². The fourth-order valence-corrected chi connectivity index (χ4v) is 3.77. The highest BCUT2D eigenvalue weighted by Gasteiger charge is 2.38. The Balaban J connectivity index is 1.49. The van der Waals surface area contributed by atoms with Crippen LogP contribution in [0.4, 0.5) is 0 Å². The lowest BCUT2D eigenvalue weighted by Gasteiger charge is -2.24. The number of amides is 1. The highest BCUT2D eigenvalue weighted by molar-refractivity contribution is 6.30. The lowest BCUT2D eigenvalue weighted by molar-refractivity contribution is -0.123. The predicted octanol–water partition coefficient (Wildman–Crippen LogP) is 2.41. The van der Waals surface area contributed by atoms with E-state index in [1.165, 1.54) is 25.7 Å². The van der Waals surface area contributed by atoms with Gasteiger partial charge >= 0.3 is 0 Å². The molecule has 4 nitrogen and oxygen atoms in total. The van der Waals surface area contributed by atoms with Crippen molar-refractivity contribution < 1.29 is 9.90 Å². The first-order chi connectivity index (χ1) is 10.6. The summed E-state index contributed by atoms with van der Waals surface area (Å²) in [6.07, 6.45) is 5.18. The Kier molecular flexibility index (Phi) is 5.01. The number of carbonyl (C=O) groups excluding carboxylic acids is 1. The van der Waals surface area contributed by atoms with E-state index in [9.17, 15) is 9.90 Å². The minimum Gasteiger partial charge on any atom is -0.387 e. The summed E-state index contributed by atoms with van der Waals surface area (Å²) < 4.78 is 0. The minimum absolute atomic E-state index is 0.00223. The van der Waals surface area contributed by atoms with Crippen LogP contribution in [0.15, 0.2) is 24.3 Å². The van der Waals surface area contributed by atoms with Gasteiger partial charge in [-0.2, -0.15) is 0 Å². The van der Waals surface area contributed by atoms with Crippen LogP contribution in [-0.2, 0) is 4.79 Å². The summed E-state index contributed by atoms with van der Waals surface area (Å²) in [6.45, 7) is 0.230. The van der Waals surface area contributed by atoms with Gasteiger partial charge in [0.2, 0.25) is 5.91 Å². The summed E-state index contributed by atoms with van der Waals surface area (Å²) >= 11 is 5.83. The molecule has 1 heterocycles. The number of halogens is 1. The number of carbonyl (C=O) groups is 1. The van der Waals surface area contributed by atoms with Crippen molar-refractivity contribution in [1.82, 2.24) is 10.6 Å². The molecular weight excluding hydrogens is 300 g/mol. The highest BCUT2D eigenvalue weighted by Crippen LogP contribution is 2.33. The van der Waals surface area contributed by atoms with Gasteiger partial charge in [-0.3, -0.25) is 4.79 Å². The van der Waals surface area contributed by atoms with Gasteiger partial charge in [0, 0.05) is 17.6 Å². The molecule has 0 aromatic heterocycles. The van der Waals surface area contributed by atoms with Gasteiger partial charge in [0.25, 0.3) is 0 Å². The Morgan fingerprint density at radius 2 is 2.05 bits per heavy atom. The molecule has 2 aliphatic rings. The molecule has 1 aliphatic carbocycles. The minimum atomic E-state index is -0.704. The predicted molar refractivity (Wildman–Crippen MR) is 86.7 cm³/mol. The van der Waals surface area contributed by atoms with E-state index in [0.29, 0.717) is 17.0 Å². The smallest absolute Gasteiger partial charge is 0.237 e. The van der Waals surface area contributed by atoms with Crippen molar-refractivity contribution in [2.75, 3.05) is 6.54 Å². The van der Waals surface area contributed by atoms with Crippen LogP contribution in [0.2, 0.25) is 5.02 Å². The van der Waals surface area contributed by atoms with Crippen LogP contribution in [-0.4, -0.2) is 29.6 Å². The number of aliphatic hydroxyl groups excluding tert-OH is 1. The fourth-order valence-electron chi connectivity index (χ4n) is 3.64. The zero-order chi connectivity index (χ0) is 15.5. The molecule has 1 aliphatic heterocycles. The Morgan fingerprint density at radius 1 is 1.32 bits per heavy atom. The molecular formula is C17H23ClN2O2. The van der Waals surface area contributed by atoms with Crippen molar-refractivity contribution in [2.45, 2.75) is 50.3 Å². The average Bonchev–Trinajstić information content (AvgIpc) is 2.97. The van der Waals surface area contributed by atoms with Gasteiger partial charge in [-0.25, -0.2) is 0 Å². The maximum absolute atomic E-state index is 12.3. The summed E-state index contributed by atoms with van der Waals surface area (Å²) in [5.74, 6) is 0.646. The molecule has 5 heteroatoms. The summed E-state index contributed by atoms with van der Waals surface area (Å²) in [5.41, 5.74) is 0.762. The third-order valence-electron chi connectivity index (χ3n) is 4.90. The van der Waals surface area contributed by atoms with Gasteiger partial charge in [0.1, 0.15) is 0 Å². The highest BCUT2D eigenvalue weighted by atomic mass is 35.5. The van der Waals surface area contributed by atoms with Crippen LogP contribution in [0.3, 0.4) is 0 Å². The number of fused-ring (bicyclic) bond motifs is 1. The lowest BCUT2D eigenvalue weighted by atomic mass is 9.85. The average molecular weight is 323 g/mol. The number of rotatable bonds is 4. The van der Waals surface area contributed by atoms with E-state index < -0.39 is 6.10 Å². The molecule has 1 aromatic carbocycles. The normalized spacial score (nSPS) is 28.9. The number of aliphatic hydroxyl groups is 1. The molecule has 1 aromatic rings. The first-order valence-electron chi connectivity index (χ1n) is 8.11. The number of hydrogen-bond acceptors (Lipinski definition) is 3. The van der Waals surface area contributed by atoms with Gasteiger partial charge in [-0.15, -0.1) is 0 Å². The van der Waals surface area contributed by atoms with Gasteiger partial charge in [-0.05, 0) is 42.9 Å². The van der Waals surface area contributed by atoms with Crippen molar-refractivity contribution >= 4 is 17.5 Å². The van der Waals surface area contributed by atoms with Crippen LogP contribution in [0.1, 0.15) is 43.8 Å². The summed E-state index contributed by atoms with van der Waals surface area (Å²) in [6, 6.07) is 7.44. The van der Waals surface area contributed by atoms with E-state index in [2.05, 4.69) is 10.6 Å². The molecule has 1 saturated heterocycles. The molecule has 120 valence electrons. The summed E-state index contributed by atoms with van der Waals surface area (Å²) in [7, 11) is 0. The number of nitrogens with one attached hydrogen (secondary N) is 2. The molecule has 1 amide bonds. The molecule has 22 heavy (non-hydrogen) atoms. The standard InChI is InChI=1S/C17H23ClN2O2/c18-13-7-5-11(6-8-13)16(21)10-19-17(22)15-9-12-3-1-2-4-14(12)20-15/h5-8,12,14-16,20-21H,1-4,9-10H2,(H,19,22). The van der Waals surface area contributed by atoms with Gasteiger partial charge in [-0.1, -0.05) is 36.6 Å². The van der Waals surface area contributed by atoms with Gasteiger partial charge in [0.05, 0.1) is 12.1 Å². The van der Waals surface area contributed by atoms with E-state index in [1.807, 2.05) is 0 Å². The maximum atomic E-state index is 12.3. The van der Waals surface area contributed by atoms with E-state index in [4.69, 9.17) is 11.6 Å². The zero-order valence-corrected chi connectivity index (χ0v) is 13.4. The molecule has 2 fully saturated rings. The second kappa shape index (κ2) is 6.99. The largest absolute Gasteiger partial charge is 0.387 e.